The van der Waals surface area contributed by atoms with Crippen molar-refractivity contribution in [3.63, 3.8) is 0 Å². The molecule has 0 aromatic heterocycles. The fraction of sp³-hybridized carbons (Fsp3) is 0.176. The summed E-state index contributed by atoms with van der Waals surface area (Å²) in [6, 6.07) is 15.3. The number of rotatable bonds is 3. The van der Waals surface area contributed by atoms with E-state index in [0.717, 1.165) is 23.2 Å². The maximum atomic E-state index is 11.8. The quantitative estimate of drug-likeness (QED) is 0.814. The van der Waals surface area contributed by atoms with Crippen LogP contribution in [0.2, 0.25) is 0 Å². The lowest BCUT2D eigenvalue weighted by atomic mass is 9.95. The Morgan fingerprint density at radius 1 is 1.18 bits per heavy atom. The molecular weight excluding hydrogens is 280 g/mol. The summed E-state index contributed by atoms with van der Waals surface area (Å²) in [7, 11) is 0. The van der Waals surface area contributed by atoms with Crippen molar-refractivity contribution < 1.29 is 14.7 Å². The van der Waals surface area contributed by atoms with Crippen LogP contribution in [-0.2, 0) is 17.6 Å². The van der Waals surface area contributed by atoms with Crippen molar-refractivity contribution in [3.05, 3.63) is 65.2 Å². The first-order valence-corrected chi connectivity index (χ1v) is 7.08. The second-order valence-electron chi connectivity index (χ2n) is 5.35. The highest BCUT2D eigenvalue weighted by molar-refractivity contribution is 5.99. The lowest BCUT2D eigenvalue weighted by Gasteiger charge is -2.25. The van der Waals surface area contributed by atoms with Gasteiger partial charge in [-0.1, -0.05) is 42.5 Å². The van der Waals surface area contributed by atoms with Gasteiger partial charge >= 0.3 is 6.09 Å². The molecule has 0 bridgehead atoms. The number of hydrogen-bond donors (Lipinski definition) is 3. The Kier molecular flexibility index (Phi) is 3.78. The maximum absolute atomic E-state index is 11.8. The van der Waals surface area contributed by atoms with Gasteiger partial charge < -0.3 is 15.7 Å². The Bertz CT molecular complexity index is 713. The number of benzene rings is 2. The van der Waals surface area contributed by atoms with Crippen LogP contribution in [0.5, 0.6) is 0 Å². The van der Waals surface area contributed by atoms with Crippen LogP contribution in [-0.4, -0.2) is 23.1 Å². The molecule has 2 aromatic carbocycles. The van der Waals surface area contributed by atoms with Crippen molar-refractivity contribution in [2.45, 2.75) is 18.9 Å². The minimum atomic E-state index is -1.19. The molecule has 1 heterocycles. The Balaban J connectivity index is 1.81. The van der Waals surface area contributed by atoms with Crippen LogP contribution < -0.4 is 10.6 Å². The third-order valence-corrected chi connectivity index (χ3v) is 3.72. The molecule has 0 fully saturated rings. The van der Waals surface area contributed by atoms with E-state index in [-0.39, 0.29) is 5.91 Å². The zero-order valence-corrected chi connectivity index (χ0v) is 11.9. The van der Waals surface area contributed by atoms with E-state index in [9.17, 15) is 9.59 Å². The number of anilines is 1. The van der Waals surface area contributed by atoms with Crippen LogP contribution in [0, 0.1) is 0 Å². The number of hydrogen-bond acceptors (Lipinski definition) is 2. The molecule has 1 aliphatic rings. The van der Waals surface area contributed by atoms with Crippen molar-refractivity contribution in [1.82, 2.24) is 5.32 Å². The summed E-state index contributed by atoms with van der Waals surface area (Å²) in [5.41, 5.74) is 4.05. The van der Waals surface area contributed by atoms with E-state index in [1.54, 1.807) is 0 Å². The highest BCUT2D eigenvalue weighted by Gasteiger charge is 2.27. The highest BCUT2D eigenvalue weighted by atomic mass is 16.4. The van der Waals surface area contributed by atoms with Gasteiger partial charge in [0, 0.05) is 12.1 Å². The number of fused-ring (bicyclic) bond motifs is 1. The van der Waals surface area contributed by atoms with E-state index in [4.69, 9.17) is 5.11 Å². The van der Waals surface area contributed by atoms with Crippen molar-refractivity contribution in [1.29, 1.82) is 0 Å². The Morgan fingerprint density at radius 2 is 1.95 bits per heavy atom. The molecule has 0 radical (unpaired) electrons. The van der Waals surface area contributed by atoms with E-state index in [1.807, 2.05) is 36.4 Å². The fourth-order valence-corrected chi connectivity index (χ4v) is 2.68. The molecule has 22 heavy (non-hydrogen) atoms. The molecule has 1 atom stereocenters. The molecule has 0 saturated heterocycles. The summed E-state index contributed by atoms with van der Waals surface area (Å²) in [6.45, 7) is 0. The Labute approximate surface area is 128 Å². The van der Waals surface area contributed by atoms with Gasteiger partial charge in [-0.15, -0.1) is 0 Å². The second-order valence-corrected chi connectivity index (χ2v) is 5.35. The number of nitrogens with one attached hydrogen (secondary N) is 2. The predicted octanol–water partition coefficient (Wildman–Crippen LogP) is 2.41. The molecule has 2 amide bonds. The number of carboxylic acid groups (broad SMARTS) is 1. The highest BCUT2D eigenvalue weighted by Crippen LogP contribution is 2.25. The third-order valence-electron chi connectivity index (χ3n) is 3.72. The maximum Gasteiger partial charge on any atom is 0.405 e. The summed E-state index contributed by atoms with van der Waals surface area (Å²) in [5, 5.41) is 13.8. The van der Waals surface area contributed by atoms with Gasteiger partial charge in [0.1, 0.15) is 6.04 Å². The van der Waals surface area contributed by atoms with Gasteiger partial charge in [-0.2, -0.15) is 0 Å². The molecule has 3 N–H and O–H groups in total. The monoisotopic (exact) mass is 296 g/mol. The van der Waals surface area contributed by atoms with Crippen LogP contribution in [0.25, 0.3) is 0 Å². The molecule has 0 spiro atoms. The topological polar surface area (TPSA) is 78.4 Å². The molecule has 112 valence electrons. The first-order chi connectivity index (χ1) is 10.6. The van der Waals surface area contributed by atoms with Gasteiger partial charge in [-0.3, -0.25) is 4.79 Å². The van der Waals surface area contributed by atoms with Gasteiger partial charge in [-0.05, 0) is 29.2 Å². The smallest absolute Gasteiger partial charge is 0.405 e. The Hall–Kier alpha value is -2.82. The van der Waals surface area contributed by atoms with Gasteiger partial charge in [0.25, 0.3) is 0 Å². The average molecular weight is 296 g/mol. The van der Waals surface area contributed by atoms with Gasteiger partial charge in [0.05, 0.1) is 0 Å². The summed E-state index contributed by atoms with van der Waals surface area (Å²) in [4.78, 5) is 22.6. The summed E-state index contributed by atoms with van der Waals surface area (Å²) in [6.07, 6.45) is -0.0149. The van der Waals surface area contributed by atoms with E-state index in [2.05, 4.69) is 22.8 Å². The van der Waals surface area contributed by atoms with Gasteiger partial charge in [0.15, 0.2) is 0 Å². The number of carbonyl (C=O) groups is 2. The Morgan fingerprint density at radius 3 is 2.68 bits per heavy atom. The zero-order valence-electron chi connectivity index (χ0n) is 11.9. The van der Waals surface area contributed by atoms with Crippen LogP contribution >= 0.6 is 0 Å². The van der Waals surface area contributed by atoms with Crippen LogP contribution in [0.3, 0.4) is 0 Å². The number of amides is 2. The third kappa shape index (κ3) is 3.09. The normalized spacial score (nSPS) is 16.5. The first kappa shape index (κ1) is 14.1. The van der Waals surface area contributed by atoms with E-state index < -0.39 is 12.1 Å². The second kappa shape index (κ2) is 5.89. The molecule has 5 heteroatoms. The molecule has 0 saturated carbocycles. The lowest BCUT2D eigenvalue weighted by molar-refractivity contribution is -0.118. The van der Waals surface area contributed by atoms with Crippen LogP contribution in [0.15, 0.2) is 48.5 Å². The van der Waals surface area contributed by atoms with Crippen molar-refractivity contribution in [2.75, 3.05) is 5.32 Å². The molecule has 1 aliphatic heterocycles. The molecule has 0 aliphatic carbocycles. The largest absolute Gasteiger partial charge is 0.465 e. The summed E-state index contributed by atoms with van der Waals surface area (Å²) >= 11 is 0. The SMILES string of the molecule is O=C(O)N[C@H]1Cc2cc(Cc3ccccc3)ccc2NC1=O. The van der Waals surface area contributed by atoms with Crippen LogP contribution in [0.1, 0.15) is 16.7 Å². The van der Waals surface area contributed by atoms with Crippen molar-refractivity contribution in [3.8, 4) is 0 Å². The summed E-state index contributed by atoms with van der Waals surface area (Å²) in [5.74, 6) is -0.314. The molecule has 3 rings (SSSR count). The standard InChI is InChI=1S/C17H16N2O3/c20-16-15(19-17(21)22)10-13-9-12(6-7-14(13)18-16)8-11-4-2-1-3-5-11/h1-7,9,15,19H,8,10H2,(H,18,20)(H,21,22)/t15-/m0/s1. The van der Waals surface area contributed by atoms with E-state index >= 15 is 0 Å². The molecule has 2 aromatic rings. The van der Waals surface area contributed by atoms with Gasteiger partial charge in [-0.25, -0.2) is 4.79 Å². The van der Waals surface area contributed by atoms with Gasteiger partial charge in [0.2, 0.25) is 5.91 Å². The average Bonchev–Trinajstić information content (AvgIpc) is 2.49. The van der Waals surface area contributed by atoms with E-state index in [1.165, 1.54) is 5.56 Å². The predicted molar refractivity (Wildman–Crippen MR) is 83.0 cm³/mol. The van der Waals surface area contributed by atoms with Crippen molar-refractivity contribution >= 4 is 17.7 Å². The first-order valence-electron chi connectivity index (χ1n) is 7.08. The molecule has 5 nitrogen and oxygen atoms in total. The van der Waals surface area contributed by atoms with Crippen LogP contribution in [0.4, 0.5) is 10.5 Å². The number of carbonyl (C=O) groups excluding carboxylic acids is 1. The summed E-state index contributed by atoms with van der Waals surface area (Å²) < 4.78 is 0. The zero-order chi connectivity index (χ0) is 15.5. The van der Waals surface area contributed by atoms with Crippen molar-refractivity contribution in [2.24, 2.45) is 0 Å². The fourth-order valence-electron chi connectivity index (χ4n) is 2.68. The molecular formula is C17H16N2O3. The minimum Gasteiger partial charge on any atom is -0.465 e. The minimum absolute atomic E-state index is 0.314. The lowest BCUT2D eigenvalue weighted by Crippen LogP contribution is -2.47. The van der Waals surface area contributed by atoms with E-state index in [0.29, 0.717) is 6.42 Å². The molecule has 0 unspecified atom stereocenters.